The van der Waals surface area contributed by atoms with Crippen molar-refractivity contribution < 1.29 is 48.2 Å². The van der Waals surface area contributed by atoms with Gasteiger partial charge in [0.25, 0.3) is 5.91 Å². The average molecular weight is 1020 g/mol. The first-order valence-electron chi connectivity index (χ1n) is 25.3. The van der Waals surface area contributed by atoms with Crippen LogP contribution in [0.3, 0.4) is 0 Å². The summed E-state index contributed by atoms with van der Waals surface area (Å²) in [5, 5.41) is 18.8. The predicted molar refractivity (Wildman–Crippen MR) is 272 cm³/mol. The zero-order chi connectivity index (χ0) is 52.1. The summed E-state index contributed by atoms with van der Waals surface area (Å²) in [5.41, 5.74) is 1.49. The van der Waals surface area contributed by atoms with E-state index in [1.165, 1.54) is 47.0 Å². The molecule has 3 aromatic rings. The van der Waals surface area contributed by atoms with Crippen LogP contribution >= 0.6 is 11.8 Å². The molecule has 0 radical (unpaired) electrons. The third-order valence-corrected chi connectivity index (χ3v) is 16.7. The summed E-state index contributed by atoms with van der Waals surface area (Å²) in [7, 11) is 5.33. The van der Waals surface area contributed by atoms with Crippen molar-refractivity contribution in [3.8, 4) is 5.75 Å². The summed E-state index contributed by atoms with van der Waals surface area (Å²) in [5.74, 6) is -5.83. The van der Waals surface area contributed by atoms with Crippen LogP contribution in [0.15, 0.2) is 72.9 Å². The van der Waals surface area contributed by atoms with E-state index in [-0.39, 0.29) is 50.1 Å². The van der Waals surface area contributed by atoms with Gasteiger partial charge in [0.1, 0.15) is 47.8 Å². The molecule has 2 aromatic carbocycles. The lowest BCUT2D eigenvalue weighted by atomic mass is 9.88. The minimum atomic E-state index is -1.69. The summed E-state index contributed by atoms with van der Waals surface area (Å²) >= 11 is 1.73. The van der Waals surface area contributed by atoms with Gasteiger partial charge in [-0.3, -0.25) is 33.6 Å². The summed E-state index contributed by atoms with van der Waals surface area (Å²) in [4.78, 5) is 130. The molecule has 9 atom stereocenters. The molecule has 6 saturated heterocycles. The lowest BCUT2D eigenvalue weighted by molar-refractivity contribution is -0.157. The molecule has 20 heteroatoms. The number of carbonyl (C=O) groups excluding carboxylic acids is 8. The summed E-state index contributed by atoms with van der Waals surface area (Å²) in [6, 6.07) is 10.3. The molecule has 6 fully saturated rings. The number of thioether (sulfide) groups is 1. The molecule has 73 heavy (non-hydrogen) atoms. The van der Waals surface area contributed by atoms with Crippen LogP contribution in [0, 0.1) is 11.8 Å². The number of piperidine rings is 4. The number of aromatic nitrogens is 1. The highest BCUT2D eigenvalue weighted by Crippen LogP contribution is 2.37. The van der Waals surface area contributed by atoms with E-state index in [0.717, 1.165) is 43.7 Å². The van der Waals surface area contributed by atoms with Crippen molar-refractivity contribution in [2.75, 3.05) is 64.5 Å². The Balaban J connectivity index is 1.19. The SMILES string of the molecule is CCC1NC(=O)C(NC(=O)c2ncccc2O)C(C)OC(=O)[C@H](c2ccccc2)NC(=O)[C@@H]2CC(=O)C(CSC3CN4CCC3CC4)CN2C(=O)[C@H](Cc2ccc(N(C)C)cc2)N(C)C(=O)[C@@H]2CCCN2C1=O. The minimum Gasteiger partial charge on any atom is -0.505 e. The number of pyridine rings is 1. The monoisotopic (exact) mass is 1020 g/mol. The average Bonchev–Trinajstić information content (AvgIpc) is 3.89. The molecule has 0 spiro atoms. The quantitative estimate of drug-likeness (QED) is 0.214. The third-order valence-electron chi connectivity index (χ3n) is 15.2. The Labute approximate surface area is 430 Å². The number of benzene rings is 2. The second-order valence-corrected chi connectivity index (χ2v) is 21.4. The van der Waals surface area contributed by atoms with Gasteiger partial charge in [0.15, 0.2) is 11.7 Å². The maximum Gasteiger partial charge on any atom is 0.333 e. The van der Waals surface area contributed by atoms with E-state index in [0.29, 0.717) is 23.3 Å². The van der Waals surface area contributed by atoms with E-state index < -0.39 is 101 Å². The van der Waals surface area contributed by atoms with Gasteiger partial charge in [0.2, 0.25) is 29.5 Å². The van der Waals surface area contributed by atoms with Crippen LogP contribution in [0.5, 0.6) is 5.75 Å². The first-order valence-corrected chi connectivity index (χ1v) is 26.4. The highest BCUT2D eigenvalue weighted by Gasteiger charge is 2.48. The van der Waals surface area contributed by atoms with Crippen molar-refractivity contribution in [2.45, 2.75) is 106 Å². The second kappa shape index (κ2) is 23.1. The van der Waals surface area contributed by atoms with Gasteiger partial charge in [0.05, 0.1) is 0 Å². The van der Waals surface area contributed by atoms with E-state index in [1.807, 2.05) is 43.3 Å². The number of fused-ring (bicyclic) bond motifs is 5. The number of ether oxygens (including phenoxy) is 1. The van der Waals surface area contributed by atoms with Crippen molar-refractivity contribution in [1.82, 2.24) is 40.5 Å². The first-order chi connectivity index (χ1) is 35.0. The van der Waals surface area contributed by atoms with Crippen molar-refractivity contribution in [3.63, 3.8) is 0 Å². The fourth-order valence-electron chi connectivity index (χ4n) is 10.8. The zero-order valence-electron chi connectivity index (χ0n) is 42.1. The number of nitrogens with one attached hydrogen (secondary N) is 3. The molecule has 19 nitrogen and oxygen atoms in total. The molecule has 4 N–H and O–H groups in total. The number of hydrogen-bond donors (Lipinski definition) is 4. The van der Waals surface area contributed by atoms with Crippen LogP contribution in [-0.2, 0) is 44.7 Å². The number of aromatic hydroxyl groups is 1. The molecule has 9 rings (SSSR count). The molecular formula is C53H67N9O10S. The molecule has 0 saturated carbocycles. The number of cyclic esters (lactones) is 1. The molecule has 6 aliphatic heterocycles. The van der Waals surface area contributed by atoms with Crippen LogP contribution in [0.4, 0.5) is 5.69 Å². The van der Waals surface area contributed by atoms with E-state index in [9.17, 15) is 29.1 Å². The van der Waals surface area contributed by atoms with E-state index in [2.05, 4.69) is 25.8 Å². The van der Waals surface area contributed by atoms with Gasteiger partial charge in [0, 0.05) is 82.4 Å². The van der Waals surface area contributed by atoms with Crippen LogP contribution in [0.25, 0.3) is 0 Å². The lowest BCUT2D eigenvalue weighted by Gasteiger charge is -2.45. The molecular weight excluding hydrogens is 955 g/mol. The molecule has 390 valence electrons. The topological polar surface area (TPSA) is 231 Å². The van der Waals surface area contributed by atoms with Gasteiger partial charge in [-0.1, -0.05) is 49.4 Å². The highest BCUT2D eigenvalue weighted by atomic mass is 32.2. The van der Waals surface area contributed by atoms with Crippen LogP contribution in [-0.4, -0.2) is 178 Å². The molecule has 6 amide bonds. The van der Waals surface area contributed by atoms with Crippen LogP contribution in [0.1, 0.15) is 80.0 Å². The normalized spacial score (nSPS) is 29.5. The fraction of sp³-hybridized carbons (Fsp3) is 0.528. The first kappa shape index (κ1) is 52.8. The van der Waals surface area contributed by atoms with Gasteiger partial charge in [-0.25, -0.2) is 9.78 Å². The number of hydrogen-bond acceptors (Lipinski definition) is 14. The number of amides is 6. The van der Waals surface area contributed by atoms with Crippen molar-refractivity contribution in [3.05, 3.63) is 89.7 Å². The van der Waals surface area contributed by atoms with E-state index in [4.69, 9.17) is 4.74 Å². The van der Waals surface area contributed by atoms with Gasteiger partial charge in [-0.15, -0.1) is 0 Å². The van der Waals surface area contributed by atoms with Gasteiger partial charge in [-0.05, 0) is 93.4 Å². The Hall–Kier alpha value is -6.54. The largest absolute Gasteiger partial charge is 0.505 e. The minimum absolute atomic E-state index is 0.0289. The number of anilines is 1. The van der Waals surface area contributed by atoms with Crippen molar-refractivity contribution >= 4 is 64.6 Å². The smallest absolute Gasteiger partial charge is 0.333 e. The predicted octanol–water partition coefficient (Wildman–Crippen LogP) is 2.32. The standard InChI is InChI=1S/C53H67N9O10S/c1-6-37-50(68)61-23-11-14-38(61)51(69)59(5)40(26-32-16-18-36(19-17-32)58(3)4)52(70)62-28-35(30-73-43-29-60-24-20-33(43)21-25-60)42(64)27-39(62)47(65)57-45(34-12-8-7-9-13-34)53(71)72-31(2)44(48(66)55-37)56-49(67)46-41(63)15-10-22-54-46/h7-10,12-13,15-19,22,31,33,35,37-40,43-45,63H,6,11,14,20-21,23-30H2,1-5H3,(H,55,66)(H,56,67)(H,57,65)/t31?,35?,37?,38-,39-,40-,43?,44?,45-/m0/s1. The molecule has 6 aliphatic rings. The van der Waals surface area contributed by atoms with Crippen molar-refractivity contribution in [2.24, 2.45) is 11.8 Å². The maximum absolute atomic E-state index is 15.7. The Morgan fingerprint density at radius 1 is 0.849 bits per heavy atom. The van der Waals surface area contributed by atoms with Gasteiger partial charge >= 0.3 is 5.97 Å². The van der Waals surface area contributed by atoms with E-state index >= 15 is 14.4 Å². The number of nitrogens with zero attached hydrogens (tertiary/aromatic N) is 6. The maximum atomic E-state index is 15.7. The number of likely N-dealkylation sites (N-methyl/N-ethyl adjacent to an activating group) is 1. The molecule has 5 unspecified atom stereocenters. The van der Waals surface area contributed by atoms with E-state index in [1.54, 1.807) is 49.0 Å². The Morgan fingerprint density at radius 2 is 1.58 bits per heavy atom. The lowest BCUT2D eigenvalue weighted by Crippen LogP contribution is -2.63. The van der Waals surface area contributed by atoms with Crippen LogP contribution < -0.4 is 20.9 Å². The Kier molecular flexibility index (Phi) is 16.7. The molecule has 7 heterocycles. The fourth-order valence-corrected chi connectivity index (χ4v) is 12.4. The summed E-state index contributed by atoms with van der Waals surface area (Å²) < 4.78 is 5.97. The third kappa shape index (κ3) is 11.8. The Bertz CT molecular complexity index is 2540. The second-order valence-electron chi connectivity index (χ2n) is 20.1. The van der Waals surface area contributed by atoms with Crippen LogP contribution in [0.2, 0.25) is 0 Å². The summed E-state index contributed by atoms with van der Waals surface area (Å²) in [6.07, 6.45) is 2.40. The highest BCUT2D eigenvalue weighted by molar-refractivity contribution is 8.00. The number of carbonyl (C=O) groups is 8. The number of esters is 1. The zero-order valence-corrected chi connectivity index (χ0v) is 42.9. The number of Topliss-reactive ketones (excluding diaryl/α,β-unsaturated/α-hetero) is 1. The molecule has 0 aliphatic carbocycles. The number of rotatable bonds is 10. The van der Waals surface area contributed by atoms with Gasteiger partial charge < -0.3 is 50.3 Å². The Morgan fingerprint density at radius 3 is 2.23 bits per heavy atom. The van der Waals surface area contributed by atoms with Crippen molar-refractivity contribution in [1.29, 1.82) is 0 Å². The molecule has 2 bridgehead atoms. The molecule has 1 aromatic heterocycles. The summed E-state index contributed by atoms with van der Waals surface area (Å²) in [6.45, 7) is 6.11. The number of ketones is 1. The van der Waals surface area contributed by atoms with Gasteiger partial charge in [-0.2, -0.15) is 11.8 Å².